The van der Waals surface area contributed by atoms with E-state index in [2.05, 4.69) is 32.6 Å². The monoisotopic (exact) mass is 238 g/mol. The fraction of sp³-hybridized carbons (Fsp3) is 0.538. The lowest BCUT2D eigenvalue weighted by Crippen LogP contribution is -2.22. The normalized spacial score (nSPS) is 11.0. The Bertz CT molecular complexity index is 382. The molecule has 1 heterocycles. The third kappa shape index (κ3) is 4.36. The number of hydrogen-bond donors (Lipinski definition) is 1. The van der Waals surface area contributed by atoms with E-state index in [4.69, 9.17) is 9.84 Å². The van der Waals surface area contributed by atoms with Crippen LogP contribution in [0.5, 0.6) is 0 Å². The molecule has 0 bridgehead atoms. The van der Waals surface area contributed by atoms with Gasteiger partial charge in [0.2, 0.25) is 0 Å². The molecule has 2 nitrogen and oxygen atoms in total. The molecule has 0 aliphatic carbocycles. The van der Waals surface area contributed by atoms with Crippen molar-refractivity contribution >= 4 is 11.3 Å². The minimum Gasteiger partial charge on any atom is -0.384 e. The molecule has 0 fully saturated rings. The Morgan fingerprint density at radius 3 is 2.88 bits per heavy atom. The van der Waals surface area contributed by atoms with Gasteiger partial charge in [-0.2, -0.15) is 0 Å². The molecule has 1 aromatic rings. The van der Waals surface area contributed by atoms with E-state index in [-0.39, 0.29) is 12.2 Å². The summed E-state index contributed by atoms with van der Waals surface area (Å²) in [5.41, 5.74) is 0.882. The van der Waals surface area contributed by atoms with E-state index in [0.29, 0.717) is 6.61 Å². The summed E-state index contributed by atoms with van der Waals surface area (Å²) in [6.45, 7) is 6.84. The average molecular weight is 238 g/mol. The van der Waals surface area contributed by atoms with Crippen molar-refractivity contribution in [3.63, 3.8) is 0 Å². The van der Waals surface area contributed by atoms with E-state index < -0.39 is 0 Å². The minimum atomic E-state index is -0.0927. The Balaban J connectivity index is 2.53. The topological polar surface area (TPSA) is 29.5 Å². The fourth-order valence-electron chi connectivity index (χ4n) is 1.03. The number of aliphatic hydroxyl groups excluding tert-OH is 1. The lowest BCUT2D eigenvalue weighted by Gasteiger charge is -2.22. The van der Waals surface area contributed by atoms with Crippen LogP contribution in [0.4, 0.5) is 0 Å². The van der Waals surface area contributed by atoms with E-state index in [0.717, 1.165) is 12.0 Å². The van der Waals surface area contributed by atoms with Gasteiger partial charge in [-0.15, -0.1) is 11.3 Å². The molecule has 0 saturated carbocycles. The molecule has 16 heavy (non-hydrogen) atoms. The van der Waals surface area contributed by atoms with Crippen LogP contribution in [0.3, 0.4) is 0 Å². The Kier molecular flexibility index (Phi) is 5.01. The van der Waals surface area contributed by atoms with Crippen LogP contribution in [0.25, 0.3) is 0 Å². The molecule has 0 aliphatic heterocycles. The van der Waals surface area contributed by atoms with Gasteiger partial charge in [0, 0.05) is 15.8 Å². The second-order valence-electron chi connectivity index (χ2n) is 4.16. The van der Waals surface area contributed by atoms with Crippen molar-refractivity contribution in [2.24, 2.45) is 0 Å². The second kappa shape index (κ2) is 6.05. The largest absolute Gasteiger partial charge is 0.384 e. The van der Waals surface area contributed by atoms with E-state index in [9.17, 15) is 0 Å². The van der Waals surface area contributed by atoms with Crippen LogP contribution in [0.1, 0.15) is 37.6 Å². The molecule has 88 valence electrons. The molecule has 1 rings (SSSR count). The Morgan fingerprint density at radius 2 is 2.25 bits per heavy atom. The fourth-order valence-corrected chi connectivity index (χ4v) is 1.76. The van der Waals surface area contributed by atoms with Crippen LogP contribution in [0.2, 0.25) is 0 Å². The highest BCUT2D eigenvalue weighted by atomic mass is 32.1. The van der Waals surface area contributed by atoms with Gasteiger partial charge in [0.05, 0.1) is 12.2 Å². The summed E-state index contributed by atoms with van der Waals surface area (Å²) in [4.78, 5) is 1.17. The van der Waals surface area contributed by atoms with Crippen molar-refractivity contribution in [2.45, 2.75) is 39.4 Å². The quantitative estimate of drug-likeness (QED) is 0.817. The molecular formula is C13H18O2S. The number of thiophene rings is 1. The maximum Gasteiger partial charge on any atom is 0.104 e. The van der Waals surface area contributed by atoms with Crippen molar-refractivity contribution in [3.05, 3.63) is 21.9 Å². The summed E-state index contributed by atoms with van der Waals surface area (Å²) in [7, 11) is 0. The average Bonchev–Trinajstić information content (AvgIpc) is 2.72. The molecule has 3 heteroatoms. The predicted molar refractivity (Wildman–Crippen MR) is 67.4 cm³/mol. The number of hydrogen-bond acceptors (Lipinski definition) is 3. The first-order valence-electron chi connectivity index (χ1n) is 5.38. The maximum atomic E-state index is 8.58. The van der Waals surface area contributed by atoms with E-state index in [1.54, 1.807) is 11.3 Å². The first-order valence-corrected chi connectivity index (χ1v) is 6.26. The molecular weight excluding hydrogens is 220 g/mol. The van der Waals surface area contributed by atoms with Gasteiger partial charge in [0.25, 0.3) is 0 Å². The number of ether oxygens (including phenoxy) is 1. The molecule has 0 spiro atoms. The van der Waals surface area contributed by atoms with Gasteiger partial charge in [0.1, 0.15) is 6.61 Å². The SMILES string of the molecule is CCC(C)(C)OCc1cc(C#CCO)cs1. The molecule has 0 amide bonds. The second-order valence-corrected chi connectivity index (χ2v) is 5.16. The molecule has 1 N–H and O–H groups in total. The van der Waals surface area contributed by atoms with Crippen molar-refractivity contribution in [3.8, 4) is 11.8 Å². The molecule has 0 saturated heterocycles. The van der Waals surface area contributed by atoms with Gasteiger partial charge in [-0.3, -0.25) is 0 Å². The summed E-state index contributed by atoms with van der Waals surface area (Å²) in [6, 6.07) is 2.01. The van der Waals surface area contributed by atoms with Crippen LogP contribution in [-0.2, 0) is 11.3 Å². The Labute approximate surface area is 101 Å². The van der Waals surface area contributed by atoms with Crippen molar-refractivity contribution < 1.29 is 9.84 Å². The van der Waals surface area contributed by atoms with Crippen LogP contribution < -0.4 is 0 Å². The lowest BCUT2D eigenvalue weighted by atomic mass is 10.1. The molecule has 0 unspecified atom stereocenters. The van der Waals surface area contributed by atoms with E-state index in [1.165, 1.54) is 4.88 Å². The van der Waals surface area contributed by atoms with Crippen LogP contribution in [-0.4, -0.2) is 17.3 Å². The third-order valence-corrected chi connectivity index (χ3v) is 3.33. The molecule has 0 aromatic carbocycles. The zero-order chi connectivity index (χ0) is 12.0. The zero-order valence-corrected chi connectivity index (χ0v) is 10.9. The van der Waals surface area contributed by atoms with Crippen LogP contribution >= 0.6 is 11.3 Å². The van der Waals surface area contributed by atoms with Gasteiger partial charge >= 0.3 is 0 Å². The summed E-state index contributed by atoms with van der Waals surface area (Å²) < 4.78 is 5.80. The smallest absolute Gasteiger partial charge is 0.104 e. The van der Waals surface area contributed by atoms with Crippen molar-refractivity contribution in [1.29, 1.82) is 0 Å². The van der Waals surface area contributed by atoms with Crippen molar-refractivity contribution in [2.75, 3.05) is 6.61 Å². The number of aliphatic hydroxyl groups is 1. The van der Waals surface area contributed by atoms with Gasteiger partial charge in [-0.25, -0.2) is 0 Å². The molecule has 1 aromatic heterocycles. The highest BCUT2D eigenvalue weighted by molar-refractivity contribution is 7.10. The highest BCUT2D eigenvalue weighted by Gasteiger charge is 2.15. The summed E-state index contributed by atoms with van der Waals surface area (Å²) in [5, 5.41) is 10.6. The van der Waals surface area contributed by atoms with Gasteiger partial charge < -0.3 is 9.84 Å². The standard InChI is InChI=1S/C13H18O2S/c1-4-13(2,3)15-9-12-8-11(10-16-12)6-5-7-14/h8,10,14H,4,7,9H2,1-3H3. The lowest BCUT2D eigenvalue weighted by molar-refractivity contribution is -0.0304. The number of rotatable bonds is 4. The van der Waals surface area contributed by atoms with E-state index in [1.807, 2.05) is 11.4 Å². The maximum absolute atomic E-state index is 8.58. The van der Waals surface area contributed by atoms with Gasteiger partial charge in [-0.05, 0) is 26.3 Å². The minimum absolute atomic E-state index is 0.0685. The summed E-state index contributed by atoms with van der Waals surface area (Å²) >= 11 is 1.64. The van der Waals surface area contributed by atoms with Crippen LogP contribution in [0, 0.1) is 11.8 Å². The van der Waals surface area contributed by atoms with Gasteiger partial charge in [0.15, 0.2) is 0 Å². The Hall–Kier alpha value is -0.820. The first kappa shape index (κ1) is 13.2. The molecule has 0 atom stereocenters. The van der Waals surface area contributed by atoms with Crippen molar-refractivity contribution in [1.82, 2.24) is 0 Å². The summed E-state index contributed by atoms with van der Waals surface area (Å²) in [5.74, 6) is 5.51. The zero-order valence-electron chi connectivity index (χ0n) is 10.0. The molecule has 0 aliphatic rings. The highest BCUT2D eigenvalue weighted by Crippen LogP contribution is 2.20. The Morgan fingerprint density at radius 1 is 1.50 bits per heavy atom. The summed E-state index contributed by atoms with van der Waals surface area (Å²) in [6.07, 6.45) is 0.996. The van der Waals surface area contributed by atoms with Gasteiger partial charge in [-0.1, -0.05) is 18.8 Å². The van der Waals surface area contributed by atoms with E-state index >= 15 is 0 Å². The van der Waals surface area contributed by atoms with Crippen LogP contribution in [0.15, 0.2) is 11.4 Å². The third-order valence-electron chi connectivity index (χ3n) is 2.42. The first-order chi connectivity index (χ1) is 7.57. The predicted octanol–water partition coefficient (Wildman–Crippen LogP) is 2.80. The molecule has 0 radical (unpaired) electrons.